The van der Waals surface area contributed by atoms with Crippen LogP contribution in [0.1, 0.15) is 22.3 Å². The Balaban J connectivity index is 1.81. The highest BCUT2D eigenvalue weighted by atomic mass is 16.5. The van der Waals surface area contributed by atoms with Crippen molar-refractivity contribution in [2.24, 2.45) is 0 Å². The lowest BCUT2D eigenvalue weighted by Gasteiger charge is -2.14. The van der Waals surface area contributed by atoms with Gasteiger partial charge in [-0.15, -0.1) is 0 Å². The Morgan fingerprint density at radius 1 is 1.00 bits per heavy atom. The zero-order valence-corrected chi connectivity index (χ0v) is 16.3. The fourth-order valence-electron chi connectivity index (χ4n) is 2.82. The number of ether oxygens (including phenoxy) is 2. The molecule has 154 valence electrons. The molecular weight excluding hydrogens is 386 g/mol. The van der Waals surface area contributed by atoms with E-state index >= 15 is 0 Å². The molecule has 0 radical (unpaired) electrons. The van der Waals surface area contributed by atoms with Crippen LogP contribution in [0.3, 0.4) is 0 Å². The van der Waals surface area contributed by atoms with Crippen molar-refractivity contribution in [3.8, 4) is 17.2 Å². The van der Waals surface area contributed by atoms with Gasteiger partial charge in [0, 0.05) is 24.4 Å². The molecule has 3 N–H and O–H groups in total. The normalized spacial score (nSPS) is 10.2. The number of rotatable bonds is 8. The molecule has 8 heteroatoms. The summed E-state index contributed by atoms with van der Waals surface area (Å²) < 4.78 is 11.2. The predicted octanol–water partition coefficient (Wildman–Crippen LogP) is 3.57. The maximum atomic E-state index is 13.0. The van der Waals surface area contributed by atoms with Gasteiger partial charge in [0.25, 0.3) is 5.91 Å². The van der Waals surface area contributed by atoms with Gasteiger partial charge in [-0.25, -0.2) is 5.48 Å². The van der Waals surface area contributed by atoms with Crippen LogP contribution in [0.2, 0.25) is 0 Å². The lowest BCUT2D eigenvalue weighted by molar-refractivity contribution is -0.129. The Bertz CT molecular complexity index is 1040. The number of amides is 2. The molecule has 2 amide bonds. The third-order valence-electron chi connectivity index (χ3n) is 4.33. The van der Waals surface area contributed by atoms with Gasteiger partial charge in [-0.2, -0.15) is 0 Å². The molecular formula is C22H21N3O5. The first-order chi connectivity index (χ1) is 14.6. The monoisotopic (exact) mass is 407 g/mol. The van der Waals surface area contributed by atoms with E-state index in [1.165, 1.54) is 13.3 Å². The minimum atomic E-state index is -0.499. The maximum absolute atomic E-state index is 13.0. The summed E-state index contributed by atoms with van der Waals surface area (Å²) in [6.07, 6.45) is 3.54. The minimum absolute atomic E-state index is 0.0882. The molecule has 3 aromatic rings. The molecule has 0 atom stereocenters. The van der Waals surface area contributed by atoms with Crippen molar-refractivity contribution in [3.05, 3.63) is 78.1 Å². The van der Waals surface area contributed by atoms with Crippen molar-refractivity contribution in [2.75, 3.05) is 12.4 Å². The first-order valence-electron chi connectivity index (χ1n) is 9.19. The number of methoxy groups -OCH3 is 1. The van der Waals surface area contributed by atoms with Crippen molar-refractivity contribution in [3.63, 3.8) is 0 Å². The SMILES string of the molecule is COc1cnccc1Oc1ccccc1C(=O)Nc1ccccc1CCC(=O)NO. The molecule has 2 aromatic carbocycles. The molecule has 0 saturated heterocycles. The van der Waals surface area contributed by atoms with Crippen LogP contribution in [0.15, 0.2) is 67.0 Å². The Kier molecular flexibility index (Phi) is 6.96. The molecule has 1 aromatic heterocycles. The summed E-state index contributed by atoms with van der Waals surface area (Å²) in [6, 6.07) is 15.7. The van der Waals surface area contributed by atoms with Crippen LogP contribution < -0.4 is 20.3 Å². The first-order valence-corrected chi connectivity index (χ1v) is 9.19. The van der Waals surface area contributed by atoms with Gasteiger partial charge in [0.1, 0.15) is 5.75 Å². The average Bonchev–Trinajstić information content (AvgIpc) is 2.79. The van der Waals surface area contributed by atoms with Crippen molar-refractivity contribution in [1.29, 1.82) is 0 Å². The summed E-state index contributed by atoms with van der Waals surface area (Å²) in [6.45, 7) is 0. The van der Waals surface area contributed by atoms with Crippen LogP contribution in [-0.4, -0.2) is 29.1 Å². The first kappa shape index (κ1) is 20.8. The van der Waals surface area contributed by atoms with Crippen LogP contribution in [-0.2, 0) is 11.2 Å². The summed E-state index contributed by atoms with van der Waals surface area (Å²) in [5, 5.41) is 11.5. The molecule has 0 aliphatic rings. The van der Waals surface area contributed by atoms with Crippen molar-refractivity contribution in [2.45, 2.75) is 12.8 Å². The molecule has 0 unspecified atom stereocenters. The second-order valence-corrected chi connectivity index (χ2v) is 6.27. The molecule has 0 aliphatic carbocycles. The van der Waals surface area contributed by atoms with E-state index in [2.05, 4.69) is 10.3 Å². The number of carbonyl (C=O) groups is 2. The number of carbonyl (C=O) groups excluding carboxylic acids is 2. The van der Waals surface area contributed by atoms with Crippen LogP contribution in [0.25, 0.3) is 0 Å². The van der Waals surface area contributed by atoms with E-state index in [0.717, 1.165) is 5.56 Å². The number of pyridine rings is 1. The largest absolute Gasteiger partial charge is 0.491 e. The van der Waals surface area contributed by atoms with Crippen LogP contribution >= 0.6 is 0 Å². The van der Waals surface area contributed by atoms with Crippen molar-refractivity contribution < 1.29 is 24.3 Å². The zero-order chi connectivity index (χ0) is 21.3. The topological polar surface area (TPSA) is 110 Å². The van der Waals surface area contributed by atoms with E-state index in [9.17, 15) is 9.59 Å². The standard InChI is InChI=1S/C22H21N3O5/c1-29-20-14-23-13-12-19(20)30-18-9-5-3-7-16(18)22(27)24-17-8-4-2-6-15(17)10-11-21(26)25-28/h2-9,12-14,28H,10-11H2,1H3,(H,24,27)(H,25,26). The second kappa shape index (κ2) is 10.0. The summed E-state index contributed by atoms with van der Waals surface area (Å²) >= 11 is 0. The van der Waals surface area contributed by atoms with E-state index in [4.69, 9.17) is 14.7 Å². The molecule has 0 bridgehead atoms. The number of hydrogen-bond acceptors (Lipinski definition) is 6. The predicted molar refractivity (Wildman–Crippen MR) is 110 cm³/mol. The number of para-hydroxylation sites is 2. The molecule has 0 saturated carbocycles. The number of aryl methyl sites for hydroxylation is 1. The van der Waals surface area contributed by atoms with Crippen molar-refractivity contribution >= 4 is 17.5 Å². The number of benzene rings is 2. The quantitative estimate of drug-likeness (QED) is 0.389. The molecule has 30 heavy (non-hydrogen) atoms. The zero-order valence-electron chi connectivity index (χ0n) is 16.3. The number of hydroxylamine groups is 1. The number of aromatic nitrogens is 1. The minimum Gasteiger partial charge on any atom is -0.491 e. The van der Waals surface area contributed by atoms with E-state index in [1.807, 2.05) is 12.1 Å². The number of anilines is 1. The van der Waals surface area contributed by atoms with Crippen LogP contribution in [0.4, 0.5) is 5.69 Å². The maximum Gasteiger partial charge on any atom is 0.259 e. The number of nitrogens with zero attached hydrogens (tertiary/aromatic N) is 1. The lowest BCUT2D eigenvalue weighted by Crippen LogP contribution is -2.19. The second-order valence-electron chi connectivity index (χ2n) is 6.27. The summed E-state index contributed by atoms with van der Waals surface area (Å²) in [7, 11) is 1.51. The smallest absolute Gasteiger partial charge is 0.259 e. The number of nitrogens with one attached hydrogen (secondary N) is 2. The van der Waals surface area contributed by atoms with Crippen molar-refractivity contribution in [1.82, 2.24) is 10.5 Å². The van der Waals surface area contributed by atoms with Gasteiger partial charge in [0.05, 0.1) is 18.9 Å². The molecule has 1 heterocycles. The Morgan fingerprint density at radius 3 is 2.57 bits per heavy atom. The van der Waals surface area contributed by atoms with Crippen LogP contribution in [0, 0.1) is 0 Å². The summed E-state index contributed by atoms with van der Waals surface area (Å²) in [5.74, 6) is 0.374. The third kappa shape index (κ3) is 5.12. The fourth-order valence-corrected chi connectivity index (χ4v) is 2.82. The van der Waals surface area contributed by atoms with Gasteiger partial charge >= 0.3 is 0 Å². The van der Waals surface area contributed by atoms with Gasteiger partial charge in [0.2, 0.25) is 5.91 Å². The van der Waals surface area contributed by atoms with Gasteiger partial charge in [-0.05, 0) is 30.2 Å². The van der Waals surface area contributed by atoms with Gasteiger partial charge in [-0.3, -0.25) is 19.8 Å². The fraction of sp³-hybridized carbons (Fsp3) is 0.136. The number of hydrogen-bond donors (Lipinski definition) is 3. The molecule has 0 fully saturated rings. The van der Waals surface area contributed by atoms with E-state index in [-0.39, 0.29) is 12.3 Å². The van der Waals surface area contributed by atoms with Gasteiger partial charge in [-0.1, -0.05) is 30.3 Å². The molecule has 8 nitrogen and oxygen atoms in total. The summed E-state index contributed by atoms with van der Waals surface area (Å²) in [5.41, 5.74) is 3.28. The molecule has 3 rings (SSSR count). The average molecular weight is 407 g/mol. The lowest BCUT2D eigenvalue weighted by atomic mass is 10.1. The van der Waals surface area contributed by atoms with Gasteiger partial charge in [0.15, 0.2) is 11.5 Å². The highest BCUT2D eigenvalue weighted by Gasteiger charge is 2.16. The van der Waals surface area contributed by atoms with E-state index < -0.39 is 5.91 Å². The van der Waals surface area contributed by atoms with E-state index in [1.54, 1.807) is 54.1 Å². The Hall–Kier alpha value is -3.91. The van der Waals surface area contributed by atoms with E-state index in [0.29, 0.717) is 34.9 Å². The highest BCUT2D eigenvalue weighted by Crippen LogP contribution is 2.32. The summed E-state index contributed by atoms with van der Waals surface area (Å²) in [4.78, 5) is 28.3. The third-order valence-corrected chi connectivity index (χ3v) is 4.33. The highest BCUT2D eigenvalue weighted by molar-refractivity contribution is 6.06. The van der Waals surface area contributed by atoms with Crippen LogP contribution in [0.5, 0.6) is 17.2 Å². The Morgan fingerprint density at radius 2 is 1.77 bits per heavy atom. The van der Waals surface area contributed by atoms with Gasteiger partial charge < -0.3 is 14.8 Å². The molecule has 0 spiro atoms. The molecule has 0 aliphatic heterocycles. The Labute approximate surface area is 173 Å².